The van der Waals surface area contributed by atoms with Crippen LogP contribution in [0.4, 0.5) is 9.59 Å². The van der Waals surface area contributed by atoms with Crippen molar-refractivity contribution in [3.8, 4) is 0 Å². The van der Waals surface area contributed by atoms with Gasteiger partial charge in [0.15, 0.2) is 0 Å². The average Bonchev–Trinajstić information content (AvgIpc) is 3.33. The van der Waals surface area contributed by atoms with E-state index in [4.69, 9.17) is 9.47 Å². The maximum atomic E-state index is 14.3. The molecular formula is C36H51N5O9S. The second kappa shape index (κ2) is 14.5. The van der Waals surface area contributed by atoms with Crippen molar-refractivity contribution in [2.24, 2.45) is 5.92 Å². The molecule has 1 saturated heterocycles. The Labute approximate surface area is 300 Å². The van der Waals surface area contributed by atoms with Crippen LogP contribution in [-0.2, 0) is 47.0 Å². The van der Waals surface area contributed by atoms with Crippen LogP contribution in [0.25, 0.3) is 0 Å². The summed E-state index contributed by atoms with van der Waals surface area (Å²) in [6, 6.07) is 5.44. The number of carbonyl (C=O) groups excluding carboxylic acids is 5. The van der Waals surface area contributed by atoms with Crippen molar-refractivity contribution in [3.05, 3.63) is 47.5 Å². The summed E-state index contributed by atoms with van der Waals surface area (Å²) < 4.78 is 38.2. The fourth-order valence-electron chi connectivity index (χ4n) is 6.66. The minimum absolute atomic E-state index is 0.0677. The first-order chi connectivity index (χ1) is 23.8. The van der Waals surface area contributed by atoms with Crippen LogP contribution >= 0.6 is 0 Å². The third-order valence-electron chi connectivity index (χ3n) is 9.74. The van der Waals surface area contributed by atoms with Gasteiger partial charge in [-0.05, 0) is 78.4 Å². The molecule has 3 N–H and O–H groups in total. The van der Waals surface area contributed by atoms with Crippen LogP contribution in [0.5, 0.6) is 0 Å². The Morgan fingerprint density at radius 3 is 2.27 bits per heavy atom. The van der Waals surface area contributed by atoms with Crippen molar-refractivity contribution < 1.29 is 41.9 Å². The van der Waals surface area contributed by atoms with Crippen molar-refractivity contribution in [2.45, 2.75) is 134 Å². The van der Waals surface area contributed by atoms with Crippen LogP contribution < -0.4 is 15.4 Å². The fraction of sp³-hybridized carbons (Fsp3) is 0.639. The van der Waals surface area contributed by atoms with E-state index in [1.165, 1.54) is 25.7 Å². The molecule has 1 aliphatic carbocycles. The van der Waals surface area contributed by atoms with Crippen molar-refractivity contribution >= 4 is 39.9 Å². The second-order valence-corrected chi connectivity index (χ2v) is 18.4. The van der Waals surface area contributed by atoms with Gasteiger partial charge in [0, 0.05) is 25.4 Å². The van der Waals surface area contributed by atoms with E-state index in [0.29, 0.717) is 25.9 Å². The number of fused-ring (bicyclic) bond motifs is 3. The molecule has 5 atom stereocenters. The number of amides is 5. The van der Waals surface area contributed by atoms with E-state index < -0.39 is 79.9 Å². The number of benzene rings is 1. The van der Waals surface area contributed by atoms with Gasteiger partial charge in [-0.15, -0.1) is 0 Å². The monoisotopic (exact) mass is 729 g/mol. The summed E-state index contributed by atoms with van der Waals surface area (Å²) in [6.45, 7) is 10.1. The Morgan fingerprint density at radius 2 is 1.65 bits per heavy atom. The lowest BCUT2D eigenvalue weighted by atomic mass is 10.0. The minimum atomic E-state index is -4.10. The van der Waals surface area contributed by atoms with E-state index in [1.54, 1.807) is 25.7 Å². The largest absolute Gasteiger partial charge is 0.444 e. The number of carbonyl (C=O) groups is 5. The maximum Gasteiger partial charge on any atom is 0.410 e. The lowest BCUT2D eigenvalue weighted by Gasteiger charge is -2.30. The van der Waals surface area contributed by atoms with Crippen molar-refractivity contribution in [2.75, 3.05) is 6.54 Å². The molecule has 15 heteroatoms. The maximum absolute atomic E-state index is 14.3. The Balaban J connectivity index is 1.42. The predicted octanol–water partition coefficient (Wildman–Crippen LogP) is 3.64. The summed E-state index contributed by atoms with van der Waals surface area (Å²) in [5.74, 6) is -2.58. The molecule has 0 radical (unpaired) electrons. The van der Waals surface area contributed by atoms with Crippen LogP contribution in [0, 0.1) is 5.92 Å². The van der Waals surface area contributed by atoms with Gasteiger partial charge in [-0.2, -0.15) is 0 Å². The van der Waals surface area contributed by atoms with Gasteiger partial charge in [-0.25, -0.2) is 18.0 Å². The van der Waals surface area contributed by atoms with E-state index in [2.05, 4.69) is 15.4 Å². The molecule has 3 heterocycles. The molecule has 0 unspecified atom stereocenters. The number of nitrogens with zero attached hydrogens (tertiary/aromatic N) is 2. The van der Waals surface area contributed by atoms with Gasteiger partial charge in [0.1, 0.15) is 29.3 Å². The molecule has 4 aliphatic rings. The number of rotatable bonds is 4. The van der Waals surface area contributed by atoms with Crippen LogP contribution in [0.3, 0.4) is 0 Å². The fourth-order valence-corrected chi connectivity index (χ4v) is 7.39. The van der Waals surface area contributed by atoms with Crippen LogP contribution in [-0.4, -0.2) is 88.7 Å². The summed E-state index contributed by atoms with van der Waals surface area (Å²) in [5, 5.41) is 5.50. The van der Waals surface area contributed by atoms with Gasteiger partial charge >= 0.3 is 12.2 Å². The molecule has 0 bridgehead atoms. The standard InChI is InChI=1S/C36H51N5O9S/c1-34(2,3)50-32(45)37-27-17-11-9-7-8-10-16-25-19-36(25,31(44)39-51(47,48)35(4,5)6)38-29(42)28-18-26(22-41(28)30(27)43)49-33(46)40-20-23-14-12-13-15-24(23)21-40/h10,12-16,25-28H,7-9,11,17-22H2,1-6H3,(H,37,45)(H,38,42)(H,39,44)/b16-10-/t25-,26-,27+,28+,36-/m1/s1. The highest BCUT2D eigenvalue weighted by Gasteiger charge is 2.62. The molecule has 280 valence electrons. The third-order valence-corrected chi connectivity index (χ3v) is 11.8. The zero-order valence-electron chi connectivity index (χ0n) is 30.3. The Morgan fingerprint density at radius 1 is 0.980 bits per heavy atom. The first kappa shape index (κ1) is 38.1. The van der Waals surface area contributed by atoms with Crippen molar-refractivity contribution in [1.82, 2.24) is 25.2 Å². The van der Waals surface area contributed by atoms with Crippen LogP contribution in [0.15, 0.2) is 36.4 Å². The second-order valence-electron chi connectivity index (χ2n) is 16.0. The smallest absolute Gasteiger partial charge is 0.410 e. The number of sulfonamides is 1. The molecule has 0 aromatic heterocycles. The molecule has 51 heavy (non-hydrogen) atoms. The van der Waals surface area contributed by atoms with Gasteiger partial charge in [-0.1, -0.05) is 49.3 Å². The lowest BCUT2D eigenvalue weighted by Crippen LogP contribution is -2.59. The third kappa shape index (κ3) is 8.85. The van der Waals surface area contributed by atoms with E-state index in [-0.39, 0.29) is 25.8 Å². The van der Waals surface area contributed by atoms with Crippen molar-refractivity contribution in [1.29, 1.82) is 0 Å². The molecule has 1 aromatic rings. The first-order valence-corrected chi connectivity index (χ1v) is 19.2. The highest BCUT2D eigenvalue weighted by Crippen LogP contribution is 2.46. The number of nitrogens with one attached hydrogen (secondary N) is 3. The van der Waals surface area contributed by atoms with E-state index >= 15 is 0 Å². The molecule has 3 aliphatic heterocycles. The van der Waals surface area contributed by atoms with Gasteiger partial charge < -0.3 is 25.0 Å². The van der Waals surface area contributed by atoms with Crippen LogP contribution in [0.1, 0.15) is 97.6 Å². The van der Waals surface area contributed by atoms with Gasteiger partial charge in [0.05, 0.1) is 11.3 Å². The SMILES string of the molecule is CC(C)(C)OC(=O)N[C@H]1CCCCC/C=C\[C@@H]2C[C@@]2(C(=O)NS(=O)(=O)C(C)(C)C)NC(=O)[C@@H]2C[C@@H](OC(=O)N3Cc4ccccc4C3)CN2C1=O. The van der Waals surface area contributed by atoms with Gasteiger partial charge in [-0.3, -0.25) is 24.0 Å². The number of hydrogen-bond donors (Lipinski definition) is 3. The summed E-state index contributed by atoms with van der Waals surface area (Å²) in [5.41, 5.74) is -0.376. The quantitative estimate of drug-likeness (QED) is 0.390. The van der Waals surface area contributed by atoms with Crippen LogP contribution in [0.2, 0.25) is 0 Å². The van der Waals surface area contributed by atoms with Gasteiger partial charge in [0.25, 0.3) is 5.91 Å². The zero-order valence-corrected chi connectivity index (χ0v) is 31.1. The minimum Gasteiger partial charge on any atom is -0.444 e. The zero-order chi connectivity index (χ0) is 37.4. The summed E-state index contributed by atoms with van der Waals surface area (Å²) >= 11 is 0. The van der Waals surface area contributed by atoms with E-state index in [9.17, 15) is 32.4 Å². The number of hydrogen-bond acceptors (Lipinski definition) is 9. The lowest BCUT2D eigenvalue weighted by molar-refractivity contribution is -0.141. The Kier molecular flexibility index (Phi) is 10.8. The van der Waals surface area contributed by atoms with Gasteiger partial charge in [0.2, 0.25) is 21.8 Å². The molecule has 2 fully saturated rings. The summed E-state index contributed by atoms with van der Waals surface area (Å²) in [7, 11) is -4.10. The highest BCUT2D eigenvalue weighted by molar-refractivity contribution is 7.91. The summed E-state index contributed by atoms with van der Waals surface area (Å²) in [4.78, 5) is 71.3. The van der Waals surface area contributed by atoms with E-state index in [1.807, 2.05) is 36.4 Å². The normalized spacial score (nSPS) is 27.8. The molecule has 5 amide bonds. The molecule has 1 aromatic carbocycles. The Hall–Kier alpha value is -4.14. The summed E-state index contributed by atoms with van der Waals surface area (Å²) in [6.07, 6.45) is 4.65. The topological polar surface area (TPSA) is 181 Å². The molecule has 5 rings (SSSR count). The van der Waals surface area contributed by atoms with Crippen molar-refractivity contribution in [3.63, 3.8) is 0 Å². The predicted molar refractivity (Wildman–Crippen MR) is 187 cm³/mol. The molecular weight excluding hydrogens is 678 g/mol. The Bertz CT molecular complexity index is 1660. The molecule has 0 spiro atoms. The number of allylic oxidation sites excluding steroid dienone is 1. The molecule has 1 saturated carbocycles. The van der Waals surface area contributed by atoms with E-state index in [0.717, 1.165) is 24.0 Å². The average molecular weight is 730 g/mol. The molecule has 14 nitrogen and oxygen atoms in total. The number of ether oxygens (including phenoxy) is 2. The first-order valence-electron chi connectivity index (χ1n) is 17.7. The highest BCUT2D eigenvalue weighted by atomic mass is 32.2. The number of alkyl carbamates (subject to hydrolysis) is 1.